The molecule has 6 nitrogen and oxygen atoms in total. The molecule has 106 valence electrons. The van der Waals surface area contributed by atoms with Gasteiger partial charge in [0.25, 0.3) is 0 Å². The largest absolute Gasteiger partial charge is 0.398 e. The summed E-state index contributed by atoms with van der Waals surface area (Å²) in [6.07, 6.45) is 0.415. The summed E-state index contributed by atoms with van der Waals surface area (Å²) in [6.45, 7) is 2.17. The van der Waals surface area contributed by atoms with Crippen LogP contribution in [0.4, 0.5) is 5.69 Å². The molecule has 1 aliphatic rings. The Hall–Kier alpha value is -1.15. The van der Waals surface area contributed by atoms with Gasteiger partial charge in [0, 0.05) is 19.6 Å². The Morgan fingerprint density at radius 2 is 2.26 bits per heavy atom. The van der Waals surface area contributed by atoms with Crippen molar-refractivity contribution in [3.8, 4) is 0 Å². The maximum absolute atomic E-state index is 12.2. The summed E-state index contributed by atoms with van der Waals surface area (Å²) in [5, 5.41) is 10.1. The highest BCUT2D eigenvalue weighted by Crippen LogP contribution is 2.23. The van der Waals surface area contributed by atoms with Crippen LogP contribution >= 0.6 is 0 Å². The third-order valence-corrected chi connectivity index (χ3v) is 4.80. The molecule has 0 saturated carbocycles. The van der Waals surface area contributed by atoms with Crippen LogP contribution in [0.2, 0.25) is 0 Å². The van der Waals surface area contributed by atoms with Gasteiger partial charge in [0.1, 0.15) is 10.5 Å². The van der Waals surface area contributed by atoms with Crippen LogP contribution in [0.25, 0.3) is 0 Å². The zero-order chi connectivity index (χ0) is 14.1. The van der Waals surface area contributed by atoms with Crippen molar-refractivity contribution in [2.45, 2.75) is 23.8 Å². The third-order valence-electron chi connectivity index (χ3n) is 3.18. The lowest BCUT2D eigenvalue weighted by molar-refractivity contribution is 0.0314. The van der Waals surface area contributed by atoms with E-state index in [9.17, 15) is 13.5 Å². The summed E-state index contributed by atoms with van der Waals surface area (Å²) >= 11 is 0. The SMILES string of the molecule is Cc1cccc(N)c1S(=O)(=O)NCC1(O)CCOC1. The van der Waals surface area contributed by atoms with Crippen LogP contribution in [0.1, 0.15) is 12.0 Å². The van der Waals surface area contributed by atoms with E-state index in [4.69, 9.17) is 10.5 Å². The zero-order valence-electron chi connectivity index (χ0n) is 10.7. The van der Waals surface area contributed by atoms with Gasteiger partial charge < -0.3 is 15.6 Å². The van der Waals surface area contributed by atoms with E-state index in [1.807, 2.05) is 0 Å². The number of sulfonamides is 1. The second kappa shape index (κ2) is 5.09. The number of anilines is 1. The molecular formula is C12H18N2O4S. The number of hydrogen-bond acceptors (Lipinski definition) is 5. The van der Waals surface area contributed by atoms with Crippen LogP contribution in [0.15, 0.2) is 23.1 Å². The summed E-state index contributed by atoms with van der Waals surface area (Å²) in [5.41, 5.74) is 5.35. The molecule has 0 spiro atoms. The molecule has 0 aromatic heterocycles. The Bertz CT molecular complexity index is 545. The number of ether oxygens (including phenoxy) is 1. The lowest BCUT2D eigenvalue weighted by Gasteiger charge is -2.21. The molecule has 7 heteroatoms. The summed E-state index contributed by atoms with van der Waals surface area (Å²) in [7, 11) is -3.74. The number of nitrogens with one attached hydrogen (secondary N) is 1. The fourth-order valence-electron chi connectivity index (χ4n) is 2.08. The number of benzene rings is 1. The first-order valence-electron chi connectivity index (χ1n) is 5.99. The van der Waals surface area contributed by atoms with Crippen molar-refractivity contribution in [3.63, 3.8) is 0 Å². The van der Waals surface area contributed by atoms with E-state index in [0.717, 1.165) is 0 Å². The highest BCUT2D eigenvalue weighted by Gasteiger charge is 2.34. The number of nitrogen functional groups attached to an aromatic ring is 1. The molecule has 2 rings (SSSR count). The first-order chi connectivity index (χ1) is 8.84. The molecule has 0 bridgehead atoms. The van der Waals surface area contributed by atoms with E-state index in [1.165, 1.54) is 6.07 Å². The monoisotopic (exact) mass is 286 g/mol. The van der Waals surface area contributed by atoms with Crippen LogP contribution in [0, 0.1) is 6.92 Å². The van der Waals surface area contributed by atoms with Gasteiger partial charge in [0.2, 0.25) is 10.0 Å². The molecule has 0 radical (unpaired) electrons. The van der Waals surface area contributed by atoms with Gasteiger partial charge in [-0.2, -0.15) is 0 Å². The van der Waals surface area contributed by atoms with Gasteiger partial charge in [0.15, 0.2) is 0 Å². The smallest absolute Gasteiger partial charge is 0.242 e. The Morgan fingerprint density at radius 3 is 2.84 bits per heavy atom. The third kappa shape index (κ3) is 3.06. The Balaban J connectivity index is 2.19. The van der Waals surface area contributed by atoms with Crippen molar-refractivity contribution in [2.75, 3.05) is 25.5 Å². The number of aliphatic hydroxyl groups is 1. The average Bonchev–Trinajstić information content (AvgIpc) is 2.74. The molecule has 1 fully saturated rings. The average molecular weight is 286 g/mol. The summed E-state index contributed by atoms with van der Waals surface area (Å²) in [6, 6.07) is 4.91. The molecule has 0 aliphatic carbocycles. The molecule has 1 aliphatic heterocycles. The maximum atomic E-state index is 12.2. The van der Waals surface area contributed by atoms with E-state index in [0.29, 0.717) is 18.6 Å². The Morgan fingerprint density at radius 1 is 1.53 bits per heavy atom. The van der Waals surface area contributed by atoms with E-state index in [-0.39, 0.29) is 23.7 Å². The topological polar surface area (TPSA) is 102 Å². The molecular weight excluding hydrogens is 268 g/mol. The lowest BCUT2D eigenvalue weighted by atomic mass is 10.1. The second-order valence-corrected chi connectivity index (χ2v) is 6.55. The van der Waals surface area contributed by atoms with Gasteiger partial charge >= 0.3 is 0 Å². The van der Waals surface area contributed by atoms with Crippen molar-refractivity contribution >= 4 is 15.7 Å². The van der Waals surface area contributed by atoms with Crippen molar-refractivity contribution in [2.24, 2.45) is 0 Å². The second-order valence-electron chi connectivity index (χ2n) is 4.84. The molecule has 1 heterocycles. The summed E-state index contributed by atoms with van der Waals surface area (Å²) < 4.78 is 31.9. The highest BCUT2D eigenvalue weighted by molar-refractivity contribution is 7.89. The maximum Gasteiger partial charge on any atom is 0.242 e. The summed E-state index contributed by atoms with van der Waals surface area (Å²) in [5.74, 6) is 0. The minimum absolute atomic E-state index is 0.0671. The van der Waals surface area contributed by atoms with Gasteiger partial charge in [-0.15, -0.1) is 0 Å². The Labute approximate surface area is 112 Å². The lowest BCUT2D eigenvalue weighted by Crippen LogP contribution is -2.43. The highest BCUT2D eigenvalue weighted by atomic mass is 32.2. The standard InChI is InChI=1S/C12H18N2O4S/c1-9-3-2-4-10(13)11(9)19(16,17)14-7-12(15)5-6-18-8-12/h2-4,14-15H,5-8,13H2,1H3. The van der Waals surface area contributed by atoms with Crippen molar-refractivity contribution in [1.82, 2.24) is 4.72 Å². The molecule has 1 saturated heterocycles. The van der Waals surface area contributed by atoms with Gasteiger partial charge in [-0.05, 0) is 18.6 Å². The van der Waals surface area contributed by atoms with Crippen LogP contribution in [0.3, 0.4) is 0 Å². The predicted octanol–water partition coefficient (Wildman–Crippen LogP) is 0.00692. The number of nitrogens with two attached hydrogens (primary N) is 1. The van der Waals surface area contributed by atoms with E-state index >= 15 is 0 Å². The van der Waals surface area contributed by atoms with Crippen molar-refractivity contribution in [1.29, 1.82) is 0 Å². The fraction of sp³-hybridized carbons (Fsp3) is 0.500. The van der Waals surface area contributed by atoms with Gasteiger partial charge in [-0.1, -0.05) is 12.1 Å². The number of aryl methyl sites for hydroxylation is 1. The zero-order valence-corrected chi connectivity index (χ0v) is 11.5. The van der Waals surface area contributed by atoms with Gasteiger partial charge in [0.05, 0.1) is 12.3 Å². The molecule has 1 aromatic rings. The quantitative estimate of drug-likeness (QED) is 0.677. The minimum atomic E-state index is -3.74. The van der Waals surface area contributed by atoms with E-state index in [2.05, 4.69) is 4.72 Å². The van der Waals surface area contributed by atoms with Gasteiger partial charge in [-0.3, -0.25) is 0 Å². The van der Waals surface area contributed by atoms with Crippen molar-refractivity contribution < 1.29 is 18.3 Å². The van der Waals surface area contributed by atoms with Crippen LogP contribution in [-0.4, -0.2) is 38.9 Å². The predicted molar refractivity (Wildman–Crippen MR) is 71.2 cm³/mol. The van der Waals surface area contributed by atoms with Gasteiger partial charge in [-0.25, -0.2) is 13.1 Å². The molecule has 4 N–H and O–H groups in total. The fourth-order valence-corrected chi connectivity index (χ4v) is 3.55. The van der Waals surface area contributed by atoms with Crippen LogP contribution in [0.5, 0.6) is 0 Å². The first-order valence-corrected chi connectivity index (χ1v) is 7.47. The molecule has 19 heavy (non-hydrogen) atoms. The van der Waals surface area contributed by atoms with E-state index in [1.54, 1.807) is 19.1 Å². The number of hydrogen-bond donors (Lipinski definition) is 3. The van der Waals surface area contributed by atoms with Crippen LogP contribution < -0.4 is 10.5 Å². The van der Waals surface area contributed by atoms with Crippen LogP contribution in [-0.2, 0) is 14.8 Å². The minimum Gasteiger partial charge on any atom is -0.398 e. The molecule has 1 aromatic carbocycles. The number of rotatable bonds is 4. The normalized spacial score (nSPS) is 23.7. The Kier molecular flexibility index (Phi) is 3.82. The summed E-state index contributed by atoms with van der Waals surface area (Å²) in [4.78, 5) is 0.0671. The van der Waals surface area contributed by atoms with Crippen molar-refractivity contribution in [3.05, 3.63) is 23.8 Å². The van der Waals surface area contributed by atoms with E-state index < -0.39 is 15.6 Å². The molecule has 1 unspecified atom stereocenters. The first kappa shape index (κ1) is 14.3. The molecule has 0 amide bonds. The molecule has 1 atom stereocenters.